The van der Waals surface area contributed by atoms with Gasteiger partial charge in [-0.2, -0.15) is 10.2 Å². The summed E-state index contributed by atoms with van der Waals surface area (Å²) in [5.74, 6) is 5.70. The Balaban J connectivity index is 1.47. The van der Waals surface area contributed by atoms with E-state index in [9.17, 15) is 4.79 Å². The van der Waals surface area contributed by atoms with Crippen LogP contribution in [0.5, 0.6) is 0 Å². The van der Waals surface area contributed by atoms with Gasteiger partial charge in [-0.1, -0.05) is 12.1 Å². The molecule has 4 aromatic rings. The lowest BCUT2D eigenvalue weighted by molar-refractivity contribution is -0.118. The number of aryl methyl sites for hydroxylation is 1. The van der Waals surface area contributed by atoms with Gasteiger partial charge in [0.1, 0.15) is 5.70 Å². The second kappa shape index (κ2) is 9.92. The Hall–Kier alpha value is -4.22. The van der Waals surface area contributed by atoms with Crippen LogP contribution in [0.3, 0.4) is 0 Å². The maximum atomic E-state index is 12.9. The van der Waals surface area contributed by atoms with E-state index < -0.39 is 0 Å². The van der Waals surface area contributed by atoms with Crippen molar-refractivity contribution >= 4 is 11.4 Å². The zero-order chi connectivity index (χ0) is 27.0. The largest absolute Gasteiger partial charge is 0.393 e. The normalized spacial score (nSPS) is 16.2. The molecule has 11 heteroatoms. The van der Waals surface area contributed by atoms with E-state index in [1.54, 1.807) is 17.1 Å². The van der Waals surface area contributed by atoms with Crippen LogP contribution in [-0.4, -0.2) is 47.4 Å². The van der Waals surface area contributed by atoms with Gasteiger partial charge in [0.15, 0.2) is 0 Å². The molecule has 1 atom stereocenters. The van der Waals surface area contributed by atoms with E-state index in [1.807, 2.05) is 56.9 Å². The lowest BCUT2D eigenvalue weighted by Gasteiger charge is -2.30. The van der Waals surface area contributed by atoms with E-state index in [0.29, 0.717) is 6.54 Å². The molecule has 1 aromatic carbocycles. The van der Waals surface area contributed by atoms with Crippen LogP contribution in [0.2, 0.25) is 0 Å². The van der Waals surface area contributed by atoms with Crippen molar-refractivity contribution in [2.45, 2.75) is 45.3 Å². The van der Waals surface area contributed by atoms with Crippen LogP contribution in [-0.2, 0) is 18.4 Å². The lowest BCUT2D eigenvalue weighted by atomic mass is 9.95. The summed E-state index contributed by atoms with van der Waals surface area (Å²) in [4.78, 5) is 17.9. The summed E-state index contributed by atoms with van der Waals surface area (Å²) in [5, 5.41) is 16.7. The third-order valence-corrected chi connectivity index (χ3v) is 6.73. The number of carbonyl (C=O) groups is 1. The van der Waals surface area contributed by atoms with E-state index in [1.165, 1.54) is 11.2 Å². The highest BCUT2D eigenvalue weighted by atomic mass is 16.2. The minimum atomic E-state index is -0.358. The van der Waals surface area contributed by atoms with E-state index in [-0.39, 0.29) is 23.2 Å². The van der Waals surface area contributed by atoms with E-state index >= 15 is 0 Å². The van der Waals surface area contributed by atoms with E-state index in [0.717, 1.165) is 52.1 Å². The smallest absolute Gasteiger partial charge is 0.269 e. The van der Waals surface area contributed by atoms with Crippen LogP contribution in [0, 0.1) is 0 Å². The molecule has 198 valence electrons. The minimum Gasteiger partial charge on any atom is -0.393 e. The molecule has 4 heterocycles. The van der Waals surface area contributed by atoms with E-state index in [2.05, 4.69) is 33.0 Å². The zero-order valence-electron chi connectivity index (χ0n) is 22.1. The van der Waals surface area contributed by atoms with Crippen molar-refractivity contribution in [1.82, 2.24) is 40.0 Å². The molecule has 0 saturated heterocycles. The van der Waals surface area contributed by atoms with Crippen molar-refractivity contribution in [1.29, 1.82) is 0 Å². The number of fused-ring (bicyclic) bond motifs is 2. The number of rotatable bonds is 5. The van der Waals surface area contributed by atoms with Crippen LogP contribution >= 0.6 is 0 Å². The molecule has 0 aliphatic carbocycles. The number of nitrogens with zero attached hydrogens (tertiary/aromatic N) is 6. The summed E-state index contributed by atoms with van der Waals surface area (Å²) in [5.41, 5.74) is 12.3. The van der Waals surface area contributed by atoms with Crippen LogP contribution in [0.25, 0.3) is 28.0 Å². The molecule has 0 radical (unpaired) electrons. The number of nitrogens with two attached hydrogens (primary N) is 2. The fraction of sp³-hybridized carbons (Fsp3) is 0.333. The summed E-state index contributed by atoms with van der Waals surface area (Å²) in [6, 6.07) is 8.01. The van der Waals surface area contributed by atoms with Crippen molar-refractivity contribution in [3.05, 3.63) is 72.1 Å². The van der Waals surface area contributed by atoms with Gasteiger partial charge in [0, 0.05) is 42.7 Å². The highest BCUT2D eigenvalue weighted by molar-refractivity contribution is 5.92. The monoisotopic (exact) mass is 514 g/mol. The first-order valence-electron chi connectivity index (χ1n) is 12.6. The van der Waals surface area contributed by atoms with Gasteiger partial charge in [0.2, 0.25) is 0 Å². The van der Waals surface area contributed by atoms with Crippen molar-refractivity contribution in [3.63, 3.8) is 0 Å². The number of amides is 1. The number of hydrogen-bond acceptors (Lipinski definition) is 8. The van der Waals surface area contributed by atoms with Crippen LogP contribution in [0.4, 0.5) is 0 Å². The van der Waals surface area contributed by atoms with Crippen molar-refractivity contribution in [2.24, 2.45) is 18.6 Å². The molecule has 0 bridgehead atoms. The van der Waals surface area contributed by atoms with Gasteiger partial charge in [-0.05, 0) is 57.0 Å². The van der Waals surface area contributed by atoms with Gasteiger partial charge in [-0.25, -0.2) is 15.3 Å². The van der Waals surface area contributed by atoms with Gasteiger partial charge < -0.3 is 21.4 Å². The molecule has 1 aliphatic rings. The van der Waals surface area contributed by atoms with Crippen molar-refractivity contribution in [3.8, 4) is 22.5 Å². The minimum absolute atomic E-state index is 0.0670. The molecule has 38 heavy (non-hydrogen) atoms. The molecular formula is C27H34N10O. The summed E-state index contributed by atoms with van der Waals surface area (Å²) >= 11 is 0. The van der Waals surface area contributed by atoms with Crippen LogP contribution in [0.1, 0.15) is 44.4 Å². The van der Waals surface area contributed by atoms with E-state index in [4.69, 9.17) is 16.6 Å². The summed E-state index contributed by atoms with van der Waals surface area (Å²) < 4.78 is 3.59. The molecule has 0 saturated carbocycles. The lowest BCUT2D eigenvalue weighted by Crippen LogP contribution is -2.44. The molecule has 11 nitrogen and oxygen atoms in total. The number of benzene rings is 1. The number of hydrazine groups is 1. The fourth-order valence-electron chi connectivity index (χ4n) is 4.50. The van der Waals surface area contributed by atoms with Gasteiger partial charge in [0.25, 0.3) is 5.91 Å². The van der Waals surface area contributed by atoms with Gasteiger partial charge >= 0.3 is 0 Å². The first-order valence-corrected chi connectivity index (χ1v) is 12.6. The SMILES string of the molecule is Cn1cc(-c2cn3nccc3c(-c3ccc4c(c3)CNCC[C@H]4NC(=O)/C(N)=C/N(N)C(C)(C)C)n2)cn1. The fourth-order valence-corrected chi connectivity index (χ4v) is 4.50. The van der Waals surface area contributed by atoms with Crippen LogP contribution < -0.4 is 22.2 Å². The first-order chi connectivity index (χ1) is 18.1. The first kappa shape index (κ1) is 25.4. The molecule has 0 unspecified atom stereocenters. The van der Waals surface area contributed by atoms with Gasteiger partial charge in [-0.15, -0.1) is 0 Å². The molecule has 3 aromatic heterocycles. The van der Waals surface area contributed by atoms with Gasteiger partial charge in [-0.3, -0.25) is 9.48 Å². The van der Waals surface area contributed by atoms with Crippen LogP contribution in [0.15, 0.2) is 60.9 Å². The Kier molecular flexibility index (Phi) is 6.64. The highest BCUT2D eigenvalue weighted by Crippen LogP contribution is 2.31. The molecule has 0 fully saturated rings. The molecule has 6 N–H and O–H groups in total. The maximum Gasteiger partial charge on any atom is 0.269 e. The summed E-state index contributed by atoms with van der Waals surface area (Å²) in [6.07, 6.45) is 9.61. The predicted octanol–water partition coefficient (Wildman–Crippen LogP) is 2.22. The molecular weight excluding hydrogens is 480 g/mol. The Morgan fingerprint density at radius 3 is 2.76 bits per heavy atom. The number of hydrogen-bond donors (Lipinski definition) is 4. The third-order valence-electron chi connectivity index (χ3n) is 6.73. The maximum absolute atomic E-state index is 12.9. The topological polar surface area (TPSA) is 144 Å². The zero-order valence-corrected chi connectivity index (χ0v) is 22.1. The van der Waals surface area contributed by atoms with Gasteiger partial charge in [0.05, 0.1) is 41.5 Å². The third kappa shape index (κ3) is 5.11. The quantitative estimate of drug-likeness (QED) is 0.180. The van der Waals surface area contributed by atoms with Crippen molar-refractivity contribution < 1.29 is 4.79 Å². The second-order valence-electron chi connectivity index (χ2n) is 10.6. The number of nitrogens with one attached hydrogen (secondary N) is 2. The predicted molar refractivity (Wildman–Crippen MR) is 146 cm³/mol. The highest BCUT2D eigenvalue weighted by Gasteiger charge is 2.23. The molecule has 0 spiro atoms. The number of aromatic nitrogens is 5. The average Bonchev–Trinajstić information content (AvgIpc) is 3.48. The Bertz CT molecular complexity index is 1510. The molecule has 1 aliphatic heterocycles. The average molecular weight is 515 g/mol. The second-order valence-corrected chi connectivity index (χ2v) is 10.6. The Morgan fingerprint density at radius 1 is 1.21 bits per heavy atom. The summed E-state index contributed by atoms with van der Waals surface area (Å²) in [6.45, 7) is 7.26. The summed E-state index contributed by atoms with van der Waals surface area (Å²) in [7, 11) is 1.88. The Morgan fingerprint density at radius 2 is 2.03 bits per heavy atom. The standard InChI is InChI=1S/C27H34N10O/c1-27(2,3)37(29)15-21(28)26(38)34-22-7-9-30-12-18-11-17(5-6-20(18)22)25-24-8-10-31-36(24)16-23(33-25)19-13-32-35(4)14-19/h5-6,8,10-11,13-16,22,30H,7,9,12,28-29H2,1-4H3,(H,34,38)/b21-15-/t22-/m1/s1. The molecule has 1 amide bonds. The number of carbonyl (C=O) groups excluding carboxylic acids is 1. The molecule has 5 rings (SSSR count). The Labute approximate surface area is 221 Å². The van der Waals surface area contributed by atoms with Crippen molar-refractivity contribution in [2.75, 3.05) is 6.54 Å².